The van der Waals surface area contributed by atoms with E-state index in [1.54, 1.807) is 42.4 Å². The van der Waals surface area contributed by atoms with Gasteiger partial charge in [0.05, 0.1) is 11.7 Å². The van der Waals surface area contributed by atoms with Crippen LogP contribution in [0, 0.1) is 6.92 Å². The van der Waals surface area contributed by atoms with Crippen LogP contribution in [-0.4, -0.2) is 31.6 Å². The van der Waals surface area contributed by atoms with Crippen molar-refractivity contribution in [2.45, 2.75) is 38.1 Å². The Morgan fingerprint density at radius 1 is 1.43 bits per heavy atom. The number of rotatable bonds is 4. The molecule has 1 aliphatic heterocycles. The molecule has 0 saturated carbocycles. The minimum atomic E-state index is -4.54. The Morgan fingerprint density at radius 3 is 2.80 bits per heavy atom. The van der Waals surface area contributed by atoms with Gasteiger partial charge in [-0.1, -0.05) is 17.7 Å². The quantitative estimate of drug-likeness (QED) is 0.613. The summed E-state index contributed by atoms with van der Waals surface area (Å²) in [6.07, 6.45) is -3.03. The van der Waals surface area contributed by atoms with Crippen molar-refractivity contribution in [3.8, 4) is 0 Å². The molecule has 0 bridgehead atoms. The number of fused-ring (bicyclic) bond motifs is 1. The van der Waals surface area contributed by atoms with Gasteiger partial charge in [0.25, 0.3) is 5.91 Å². The fraction of sp³-hybridized carbons (Fsp3) is 0.389. The van der Waals surface area contributed by atoms with Crippen molar-refractivity contribution in [3.63, 3.8) is 0 Å². The summed E-state index contributed by atoms with van der Waals surface area (Å²) < 4.78 is 43.7. The van der Waals surface area contributed by atoms with Gasteiger partial charge in [0.15, 0.2) is 11.7 Å². The number of alkyl halides is 3. The third kappa shape index (κ3) is 3.79. The molecule has 0 radical (unpaired) electrons. The number of aromatic nitrogens is 4. The zero-order valence-corrected chi connectivity index (χ0v) is 17.6. The number of hydrogen-bond donors (Lipinski definition) is 2. The molecule has 4 rings (SSSR count). The molecule has 0 unspecified atom stereocenters. The predicted molar refractivity (Wildman–Crippen MR) is 107 cm³/mol. The summed E-state index contributed by atoms with van der Waals surface area (Å²) in [5, 5.41) is 15.4. The average Bonchev–Trinajstić information content (AvgIpc) is 3.38. The normalized spacial score (nSPS) is 18.7. The maximum atomic E-state index is 13.8. The second-order valence-electron chi connectivity index (χ2n) is 7.06. The molecule has 0 aliphatic carbocycles. The summed E-state index contributed by atoms with van der Waals surface area (Å²) in [6.45, 7) is 1.96. The van der Waals surface area contributed by atoms with Gasteiger partial charge in [-0.05, 0) is 18.4 Å². The fourth-order valence-corrected chi connectivity index (χ4v) is 4.55. The summed E-state index contributed by atoms with van der Waals surface area (Å²) in [4.78, 5) is 13.4. The molecule has 0 spiro atoms. The lowest BCUT2D eigenvalue weighted by Gasteiger charge is -2.32. The monoisotopic (exact) mass is 458 g/mol. The number of anilines is 1. The van der Waals surface area contributed by atoms with Crippen molar-refractivity contribution in [3.05, 3.63) is 50.6 Å². The number of nitrogens with one attached hydrogen (secondary N) is 2. The number of carbonyl (C=O) groups excluding carboxylic acids is 1. The van der Waals surface area contributed by atoms with Gasteiger partial charge in [0.1, 0.15) is 10.8 Å². The number of hydrogen-bond acceptors (Lipinski definition) is 5. The first-order chi connectivity index (χ1) is 14.1. The third-order valence-corrected chi connectivity index (χ3v) is 6.30. The molecule has 2 N–H and O–H groups in total. The van der Waals surface area contributed by atoms with Crippen molar-refractivity contribution >= 4 is 34.7 Å². The molecule has 3 aromatic rings. The van der Waals surface area contributed by atoms with Crippen LogP contribution in [0.2, 0.25) is 5.02 Å². The maximum absolute atomic E-state index is 13.8. The van der Waals surface area contributed by atoms with Gasteiger partial charge >= 0.3 is 6.18 Å². The first-order valence-corrected chi connectivity index (χ1v) is 10.3. The summed E-state index contributed by atoms with van der Waals surface area (Å²) in [6, 6.07) is 1.07. The lowest BCUT2D eigenvalue weighted by Crippen LogP contribution is -2.35. The third-order valence-electron chi connectivity index (χ3n) is 4.95. The van der Waals surface area contributed by atoms with E-state index in [0.29, 0.717) is 0 Å². The summed E-state index contributed by atoms with van der Waals surface area (Å²) in [5.74, 6) is -0.660. The van der Waals surface area contributed by atoms with Gasteiger partial charge < -0.3 is 10.6 Å². The van der Waals surface area contributed by atoms with E-state index in [-0.39, 0.29) is 29.5 Å². The molecule has 0 aromatic carbocycles. The maximum Gasteiger partial charge on any atom is 0.410 e. The van der Waals surface area contributed by atoms with Crippen molar-refractivity contribution in [1.29, 1.82) is 0 Å². The number of halogens is 4. The van der Waals surface area contributed by atoms with E-state index in [4.69, 9.17) is 11.6 Å². The topological polar surface area (TPSA) is 76.8 Å². The van der Waals surface area contributed by atoms with Crippen molar-refractivity contribution in [2.75, 3.05) is 5.32 Å². The van der Waals surface area contributed by atoms with Crippen LogP contribution in [0.25, 0.3) is 0 Å². The smallest absolute Gasteiger partial charge is 0.361 e. The van der Waals surface area contributed by atoms with Crippen LogP contribution < -0.4 is 10.6 Å². The van der Waals surface area contributed by atoms with Gasteiger partial charge in [0.2, 0.25) is 0 Å². The van der Waals surface area contributed by atoms with Crippen LogP contribution >= 0.6 is 22.9 Å². The van der Waals surface area contributed by atoms with E-state index in [2.05, 4.69) is 20.8 Å². The Morgan fingerprint density at radius 2 is 2.20 bits per heavy atom. The van der Waals surface area contributed by atoms with Crippen molar-refractivity contribution in [2.24, 2.45) is 7.05 Å². The molecule has 30 heavy (non-hydrogen) atoms. The zero-order chi connectivity index (χ0) is 21.6. The minimum Gasteiger partial charge on any atom is -0.361 e. The highest BCUT2D eigenvalue weighted by molar-refractivity contribution is 7.10. The van der Waals surface area contributed by atoms with Crippen LogP contribution in [-0.2, 0) is 13.6 Å². The first-order valence-electron chi connectivity index (χ1n) is 9.07. The van der Waals surface area contributed by atoms with Crippen LogP contribution in [0.5, 0.6) is 0 Å². The molecule has 4 heterocycles. The van der Waals surface area contributed by atoms with E-state index >= 15 is 0 Å². The Labute approximate surface area is 178 Å². The van der Waals surface area contributed by atoms with E-state index in [1.165, 1.54) is 11.3 Å². The van der Waals surface area contributed by atoms with Gasteiger partial charge in [-0.2, -0.15) is 23.4 Å². The van der Waals surface area contributed by atoms with Crippen molar-refractivity contribution < 1.29 is 18.0 Å². The Bertz CT molecular complexity index is 1070. The number of amides is 1. The largest absolute Gasteiger partial charge is 0.410 e. The van der Waals surface area contributed by atoms with E-state index in [1.807, 2.05) is 0 Å². The first kappa shape index (κ1) is 20.7. The predicted octanol–water partition coefficient (Wildman–Crippen LogP) is 4.23. The Kier molecular flexibility index (Phi) is 5.27. The molecule has 7 nitrogen and oxygen atoms in total. The van der Waals surface area contributed by atoms with E-state index < -0.39 is 24.2 Å². The highest BCUT2D eigenvalue weighted by Gasteiger charge is 2.48. The molecule has 1 aliphatic rings. The van der Waals surface area contributed by atoms with Crippen molar-refractivity contribution in [1.82, 2.24) is 24.9 Å². The minimum absolute atomic E-state index is 0.00801. The standard InChI is InChI=1S/C18H18ClF3N6OS/c1-9-10(8-27(2)25-9)7-23-17(29)15-14(19)16-24-11(12-4-3-5-30-12)6-13(18(20,21)22)28(16)26-15/h3-5,8,11,13,24H,6-7H2,1-2H3,(H,23,29)/t11-,13-/m0/s1. The van der Waals surface area contributed by atoms with Gasteiger partial charge in [-0.15, -0.1) is 11.3 Å². The summed E-state index contributed by atoms with van der Waals surface area (Å²) in [7, 11) is 1.76. The second-order valence-corrected chi connectivity index (χ2v) is 8.41. The molecule has 3 aromatic heterocycles. The van der Waals surface area contributed by atoms with E-state index in [0.717, 1.165) is 20.8 Å². The summed E-state index contributed by atoms with van der Waals surface area (Å²) in [5.41, 5.74) is 1.28. The van der Waals surface area contributed by atoms with Gasteiger partial charge in [-0.3, -0.25) is 9.48 Å². The lowest BCUT2D eigenvalue weighted by atomic mass is 10.0. The highest BCUT2D eigenvalue weighted by atomic mass is 35.5. The number of nitrogens with zero attached hydrogens (tertiary/aromatic N) is 4. The molecule has 0 fully saturated rings. The van der Waals surface area contributed by atoms with Crippen LogP contribution in [0.3, 0.4) is 0 Å². The van der Waals surface area contributed by atoms with E-state index in [9.17, 15) is 18.0 Å². The molecule has 2 atom stereocenters. The van der Waals surface area contributed by atoms with Gasteiger partial charge in [0, 0.05) is 36.7 Å². The van der Waals surface area contributed by atoms with Crippen LogP contribution in [0.4, 0.5) is 19.0 Å². The average molecular weight is 459 g/mol. The molecule has 160 valence electrons. The number of carbonyl (C=O) groups is 1. The summed E-state index contributed by atoms with van der Waals surface area (Å²) >= 11 is 7.66. The molecule has 0 saturated heterocycles. The Balaban J connectivity index is 1.62. The molecular weight excluding hydrogens is 441 g/mol. The zero-order valence-electron chi connectivity index (χ0n) is 16.0. The van der Waals surface area contributed by atoms with Gasteiger partial charge in [-0.25, -0.2) is 4.68 Å². The Hall–Kier alpha value is -2.53. The molecule has 1 amide bonds. The van der Waals surface area contributed by atoms with Crippen LogP contribution in [0.15, 0.2) is 23.7 Å². The lowest BCUT2D eigenvalue weighted by molar-refractivity contribution is -0.173. The number of aryl methyl sites for hydroxylation is 2. The highest BCUT2D eigenvalue weighted by Crippen LogP contribution is 2.46. The number of thiophene rings is 1. The fourth-order valence-electron chi connectivity index (χ4n) is 3.49. The SMILES string of the molecule is Cc1nn(C)cc1CNC(=O)c1nn2c(c1Cl)N[C@H](c1cccs1)C[C@H]2C(F)(F)F. The molecular formula is C18H18ClF3N6OS. The second kappa shape index (κ2) is 7.62. The van der Waals surface area contributed by atoms with Crippen LogP contribution in [0.1, 0.15) is 45.1 Å². The molecule has 12 heteroatoms.